The Balaban J connectivity index is 1.78. The average molecular weight is 447 g/mol. The maximum Gasteiger partial charge on any atom is 0.224 e. The normalized spacial score (nSPS) is 13.8. The second-order valence-corrected chi connectivity index (χ2v) is 9.03. The van der Waals surface area contributed by atoms with Crippen LogP contribution < -0.4 is 10.1 Å². The third kappa shape index (κ3) is 5.98. The van der Waals surface area contributed by atoms with Crippen molar-refractivity contribution >= 4 is 22.6 Å². The van der Waals surface area contributed by atoms with E-state index in [-0.39, 0.29) is 24.0 Å². The molecule has 172 valence electrons. The number of nitrogens with zero attached hydrogens (tertiary/aromatic N) is 2. The highest BCUT2D eigenvalue weighted by Gasteiger charge is 2.32. The molecule has 0 aliphatic rings. The van der Waals surface area contributed by atoms with E-state index in [0.29, 0.717) is 24.3 Å². The minimum Gasteiger partial charge on any atom is -0.496 e. The number of hydrogen-bond acceptors (Lipinski definition) is 5. The summed E-state index contributed by atoms with van der Waals surface area (Å²) in [6.07, 6.45) is 4.26. The average Bonchev–Trinajstić information content (AvgIpc) is 3.23. The fourth-order valence-electron chi connectivity index (χ4n) is 4.04. The molecule has 2 atom stereocenters. The molecule has 0 radical (unpaired) electrons. The first-order valence-corrected chi connectivity index (χ1v) is 11.1. The van der Waals surface area contributed by atoms with Crippen molar-refractivity contribution in [3.05, 3.63) is 60.0 Å². The number of aromatic nitrogens is 2. The molecule has 3 rings (SSSR count). The SMILES string of the molecule is COc1cccc2[nH]c(C(=O)CC(CC(C)C)C(=O)NC(C)(C#N)Cc3cccnc3)cc12. The minimum absolute atomic E-state index is 0.0492. The summed E-state index contributed by atoms with van der Waals surface area (Å²) in [4.78, 5) is 33.6. The largest absolute Gasteiger partial charge is 0.496 e. The molecule has 0 aliphatic carbocycles. The van der Waals surface area contributed by atoms with Crippen LogP contribution in [0.3, 0.4) is 0 Å². The van der Waals surface area contributed by atoms with Gasteiger partial charge in [-0.05, 0) is 49.1 Å². The molecule has 2 aromatic heterocycles. The van der Waals surface area contributed by atoms with Crippen LogP contribution >= 0.6 is 0 Å². The number of methoxy groups -OCH3 is 1. The third-order valence-electron chi connectivity index (χ3n) is 5.63. The molecule has 1 aromatic carbocycles. The minimum atomic E-state index is -1.10. The van der Waals surface area contributed by atoms with E-state index in [4.69, 9.17) is 4.74 Å². The maximum atomic E-state index is 13.2. The van der Waals surface area contributed by atoms with Gasteiger partial charge >= 0.3 is 0 Å². The predicted molar refractivity (Wildman–Crippen MR) is 127 cm³/mol. The zero-order valence-corrected chi connectivity index (χ0v) is 19.5. The van der Waals surface area contributed by atoms with Crippen LogP contribution in [0.4, 0.5) is 0 Å². The van der Waals surface area contributed by atoms with Crippen molar-refractivity contribution in [3.8, 4) is 11.8 Å². The zero-order chi connectivity index (χ0) is 24.0. The summed E-state index contributed by atoms with van der Waals surface area (Å²) in [5, 5.41) is 13.5. The smallest absolute Gasteiger partial charge is 0.224 e. The van der Waals surface area contributed by atoms with Crippen molar-refractivity contribution in [1.29, 1.82) is 5.26 Å². The molecular weight excluding hydrogens is 416 g/mol. The summed E-state index contributed by atoms with van der Waals surface area (Å²) in [6, 6.07) is 13.2. The number of aromatic amines is 1. The Morgan fingerprint density at radius 2 is 2.06 bits per heavy atom. The molecular formula is C26H30N4O3. The number of carbonyl (C=O) groups is 2. The maximum absolute atomic E-state index is 13.2. The second kappa shape index (κ2) is 10.3. The van der Waals surface area contributed by atoms with Gasteiger partial charge in [0, 0.05) is 42.1 Å². The van der Waals surface area contributed by atoms with Gasteiger partial charge in [-0.25, -0.2) is 0 Å². The van der Waals surface area contributed by atoms with E-state index in [9.17, 15) is 14.9 Å². The van der Waals surface area contributed by atoms with E-state index < -0.39 is 11.5 Å². The van der Waals surface area contributed by atoms with E-state index in [2.05, 4.69) is 21.4 Å². The molecule has 0 saturated heterocycles. The second-order valence-electron chi connectivity index (χ2n) is 9.03. The summed E-state index contributed by atoms with van der Waals surface area (Å²) in [5.74, 6) is -0.103. The highest BCUT2D eigenvalue weighted by molar-refractivity contribution is 6.02. The summed E-state index contributed by atoms with van der Waals surface area (Å²) in [7, 11) is 1.59. The number of ketones is 1. The monoisotopic (exact) mass is 446 g/mol. The highest BCUT2D eigenvalue weighted by Crippen LogP contribution is 2.28. The van der Waals surface area contributed by atoms with E-state index in [1.165, 1.54) is 0 Å². The van der Waals surface area contributed by atoms with Crippen LogP contribution in [0.2, 0.25) is 0 Å². The first-order valence-electron chi connectivity index (χ1n) is 11.1. The molecule has 7 nitrogen and oxygen atoms in total. The molecule has 2 heterocycles. The number of nitriles is 1. The number of nitrogens with one attached hydrogen (secondary N) is 2. The first-order chi connectivity index (χ1) is 15.7. The van der Waals surface area contributed by atoms with Gasteiger partial charge in [-0.3, -0.25) is 14.6 Å². The lowest BCUT2D eigenvalue weighted by Crippen LogP contribution is -2.49. The standard InChI is InChI=1S/C26H30N4O3/c1-17(2)11-19(25(32)30-26(3,16-27)14-18-7-6-10-28-15-18)12-23(31)22-13-20-21(29-22)8-5-9-24(20)33-4/h5-10,13,15,17,19,29H,11-12,14H2,1-4H3,(H,30,32). The third-order valence-corrected chi connectivity index (χ3v) is 5.63. The number of carbonyl (C=O) groups excluding carboxylic acids is 2. The molecule has 7 heteroatoms. The van der Waals surface area contributed by atoms with Crippen molar-refractivity contribution in [2.24, 2.45) is 11.8 Å². The van der Waals surface area contributed by atoms with Crippen LogP contribution in [0.25, 0.3) is 10.9 Å². The number of fused-ring (bicyclic) bond motifs is 1. The Labute approximate surface area is 194 Å². The number of rotatable bonds is 10. The van der Waals surface area contributed by atoms with Gasteiger partial charge in [-0.15, -0.1) is 0 Å². The molecule has 0 saturated carbocycles. The Bertz CT molecular complexity index is 1160. The van der Waals surface area contributed by atoms with Crippen LogP contribution in [0.1, 0.15) is 49.7 Å². The molecule has 0 spiro atoms. The van der Waals surface area contributed by atoms with Gasteiger partial charge in [-0.2, -0.15) is 5.26 Å². The van der Waals surface area contributed by atoms with E-state index in [1.807, 2.05) is 38.1 Å². The topological polar surface area (TPSA) is 108 Å². The fraction of sp³-hybridized carbons (Fsp3) is 0.385. The van der Waals surface area contributed by atoms with Gasteiger partial charge < -0.3 is 15.0 Å². The molecule has 2 N–H and O–H groups in total. The molecule has 0 aliphatic heterocycles. The van der Waals surface area contributed by atoms with E-state index >= 15 is 0 Å². The lowest BCUT2D eigenvalue weighted by atomic mass is 9.88. The highest BCUT2D eigenvalue weighted by atomic mass is 16.5. The number of H-pyrrole nitrogens is 1. The van der Waals surface area contributed by atoms with Crippen LogP contribution in [0.5, 0.6) is 5.75 Å². The van der Waals surface area contributed by atoms with Crippen molar-refractivity contribution in [2.75, 3.05) is 7.11 Å². The summed E-state index contributed by atoms with van der Waals surface area (Å²) < 4.78 is 5.38. The number of Topliss-reactive ketones (excluding diaryl/α,β-unsaturated/α-hetero) is 1. The van der Waals surface area contributed by atoms with E-state index in [0.717, 1.165) is 16.5 Å². The van der Waals surface area contributed by atoms with Crippen molar-refractivity contribution in [3.63, 3.8) is 0 Å². The Morgan fingerprint density at radius 3 is 2.70 bits per heavy atom. The molecule has 2 unspecified atom stereocenters. The van der Waals surface area contributed by atoms with Crippen molar-refractivity contribution in [2.45, 2.75) is 45.6 Å². The number of pyridine rings is 1. The Kier molecular flexibility index (Phi) is 7.49. The van der Waals surface area contributed by atoms with Crippen LogP contribution in [0, 0.1) is 23.2 Å². The Morgan fingerprint density at radius 1 is 1.27 bits per heavy atom. The lowest BCUT2D eigenvalue weighted by Gasteiger charge is -2.27. The quantitative estimate of drug-likeness (QED) is 0.448. The summed E-state index contributed by atoms with van der Waals surface area (Å²) in [5.41, 5.74) is 0.989. The summed E-state index contributed by atoms with van der Waals surface area (Å²) >= 11 is 0. The zero-order valence-electron chi connectivity index (χ0n) is 19.5. The molecule has 0 bridgehead atoms. The first kappa shape index (κ1) is 24.0. The lowest BCUT2D eigenvalue weighted by molar-refractivity contribution is -0.126. The summed E-state index contributed by atoms with van der Waals surface area (Å²) in [6.45, 7) is 5.71. The molecule has 33 heavy (non-hydrogen) atoms. The van der Waals surface area contributed by atoms with Gasteiger partial charge in [-0.1, -0.05) is 26.0 Å². The van der Waals surface area contributed by atoms with Crippen molar-refractivity contribution < 1.29 is 14.3 Å². The fourth-order valence-corrected chi connectivity index (χ4v) is 4.04. The van der Waals surface area contributed by atoms with Gasteiger partial charge in [0.05, 0.1) is 18.9 Å². The number of hydrogen-bond donors (Lipinski definition) is 2. The number of ether oxygens (including phenoxy) is 1. The number of benzene rings is 1. The van der Waals surface area contributed by atoms with Crippen LogP contribution in [0.15, 0.2) is 48.8 Å². The van der Waals surface area contributed by atoms with Gasteiger partial charge in [0.25, 0.3) is 0 Å². The predicted octanol–water partition coefficient (Wildman–Crippen LogP) is 4.45. The van der Waals surface area contributed by atoms with Gasteiger partial charge in [0.1, 0.15) is 11.3 Å². The molecule has 1 amide bonds. The van der Waals surface area contributed by atoms with Crippen molar-refractivity contribution in [1.82, 2.24) is 15.3 Å². The van der Waals surface area contributed by atoms with Gasteiger partial charge in [0.2, 0.25) is 5.91 Å². The Hall–Kier alpha value is -3.66. The van der Waals surface area contributed by atoms with E-state index in [1.54, 1.807) is 38.6 Å². The molecule has 0 fully saturated rings. The van der Waals surface area contributed by atoms with Crippen LogP contribution in [-0.2, 0) is 11.2 Å². The van der Waals surface area contributed by atoms with Gasteiger partial charge in [0.15, 0.2) is 5.78 Å². The molecule has 3 aromatic rings. The van der Waals surface area contributed by atoms with Crippen LogP contribution in [-0.4, -0.2) is 34.3 Å². The number of amides is 1.